The number of aromatic nitrogens is 1. The van der Waals surface area contributed by atoms with Gasteiger partial charge in [-0.25, -0.2) is 4.98 Å². The summed E-state index contributed by atoms with van der Waals surface area (Å²) < 4.78 is 0. The summed E-state index contributed by atoms with van der Waals surface area (Å²) in [5.74, 6) is 0.102. The topological polar surface area (TPSA) is 68.0 Å². The van der Waals surface area contributed by atoms with Crippen LogP contribution in [0.3, 0.4) is 0 Å². The predicted molar refractivity (Wildman–Crippen MR) is 80.2 cm³/mol. The lowest BCUT2D eigenvalue weighted by molar-refractivity contribution is -0.122. The molecule has 0 bridgehead atoms. The summed E-state index contributed by atoms with van der Waals surface area (Å²) in [6.07, 6.45) is 6.59. The van der Waals surface area contributed by atoms with E-state index in [0.717, 1.165) is 37.2 Å². The van der Waals surface area contributed by atoms with E-state index in [4.69, 9.17) is 5.73 Å². The van der Waals surface area contributed by atoms with Crippen molar-refractivity contribution in [2.24, 2.45) is 5.73 Å². The highest BCUT2D eigenvalue weighted by atomic mass is 32.1. The molecule has 0 saturated carbocycles. The first-order valence-electron chi connectivity index (χ1n) is 6.89. The summed E-state index contributed by atoms with van der Waals surface area (Å²) >= 11 is 1.63. The zero-order valence-corrected chi connectivity index (χ0v) is 13.0. The minimum atomic E-state index is -0.382. The summed E-state index contributed by atoms with van der Waals surface area (Å²) in [5.41, 5.74) is 5.05. The van der Waals surface area contributed by atoms with E-state index < -0.39 is 0 Å². The number of thiazole rings is 1. The minimum Gasteiger partial charge on any atom is -0.345 e. The average Bonchev–Trinajstić information content (AvgIpc) is 2.76. The summed E-state index contributed by atoms with van der Waals surface area (Å²) in [6.45, 7) is 6.76. The van der Waals surface area contributed by atoms with E-state index in [0.29, 0.717) is 6.42 Å². The number of hydrogen-bond donors (Lipinski definition) is 2. The maximum absolute atomic E-state index is 11.9. The largest absolute Gasteiger partial charge is 0.345 e. The molecule has 0 spiro atoms. The SMILES string of the molecule is Cc1cnc(C(C)(C)NC(=O)CCCCCCN)s1. The van der Waals surface area contributed by atoms with E-state index in [1.54, 1.807) is 11.3 Å². The molecule has 0 fully saturated rings. The van der Waals surface area contributed by atoms with Crippen LogP contribution in [0.5, 0.6) is 0 Å². The van der Waals surface area contributed by atoms with Gasteiger partial charge in [-0.15, -0.1) is 11.3 Å². The van der Waals surface area contributed by atoms with Crippen molar-refractivity contribution in [1.82, 2.24) is 10.3 Å². The average molecular weight is 283 g/mol. The number of carbonyl (C=O) groups is 1. The van der Waals surface area contributed by atoms with Crippen molar-refractivity contribution < 1.29 is 4.79 Å². The van der Waals surface area contributed by atoms with Crippen molar-refractivity contribution in [3.63, 3.8) is 0 Å². The summed E-state index contributed by atoms with van der Waals surface area (Å²) in [7, 11) is 0. The molecule has 5 heteroatoms. The molecule has 0 aliphatic carbocycles. The summed E-state index contributed by atoms with van der Waals surface area (Å²) in [6, 6.07) is 0. The Morgan fingerprint density at radius 2 is 2.05 bits per heavy atom. The zero-order valence-electron chi connectivity index (χ0n) is 12.2. The van der Waals surface area contributed by atoms with Gasteiger partial charge in [0, 0.05) is 17.5 Å². The first-order valence-corrected chi connectivity index (χ1v) is 7.71. The van der Waals surface area contributed by atoms with Gasteiger partial charge in [0.2, 0.25) is 5.91 Å². The number of nitrogens with one attached hydrogen (secondary N) is 1. The molecular formula is C14H25N3OS. The van der Waals surface area contributed by atoms with Gasteiger partial charge in [0.15, 0.2) is 0 Å². The molecule has 3 N–H and O–H groups in total. The highest BCUT2D eigenvalue weighted by molar-refractivity contribution is 7.11. The van der Waals surface area contributed by atoms with Crippen LogP contribution in [0.25, 0.3) is 0 Å². The first-order chi connectivity index (χ1) is 8.95. The molecule has 19 heavy (non-hydrogen) atoms. The smallest absolute Gasteiger partial charge is 0.220 e. The van der Waals surface area contributed by atoms with E-state index in [2.05, 4.69) is 10.3 Å². The molecule has 0 aliphatic heterocycles. The Morgan fingerprint density at radius 1 is 1.37 bits per heavy atom. The number of nitrogens with two attached hydrogens (primary N) is 1. The van der Waals surface area contributed by atoms with Crippen molar-refractivity contribution in [2.45, 2.75) is 58.4 Å². The maximum Gasteiger partial charge on any atom is 0.220 e. The second kappa shape index (κ2) is 7.60. The molecule has 1 aromatic rings. The van der Waals surface area contributed by atoms with E-state index in [9.17, 15) is 4.79 Å². The number of rotatable bonds is 8. The van der Waals surface area contributed by atoms with Gasteiger partial charge >= 0.3 is 0 Å². The monoisotopic (exact) mass is 283 g/mol. The third kappa shape index (κ3) is 5.70. The Labute approximate surface area is 119 Å². The fraction of sp³-hybridized carbons (Fsp3) is 0.714. The molecule has 0 radical (unpaired) electrons. The number of aryl methyl sites for hydroxylation is 1. The van der Waals surface area contributed by atoms with Gasteiger partial charge in [-0.2, -0.15) is 0 Å². The highest BCUT2D eigenvalue weighted by Gasteiger charge is 2.25. The van der Waals surface area contributed by atoms with Gasteiger partial charge in [0.1, 0.15) is 5.01 Å². The number of unbranched alkanes of at least 4 members (excludes halogenated alkanes) is 3. The van der Waals surface area contributed by atoms with Crippen LogP contribution < -0.4 is 11.1 Å². The number of nitrogens with zero attached hydrogens (tertiary/aromatic N) is 1. The Morgan fingerprint density at radius 3 is 2.63 bits per heavy atom. The van der Waals surface area contributed by atoms with Gasteiger partial charge in [-0.3, -0.25) is 4.79 Å². The Hall–Kier alpha value is -0.940. The van der Waals surface area contributed by atoms with E-state index in [1.165, 1.54) is 4.88 Å². The van der Waals surface area contributed by atoms with Crippen LogP contribution in [0.1, 0.15) is 55.8 Å². The fourth-order valence-electron chi connectivity index (χ4n) is 1.89. The first kappa shape index (κ1) is 16.1. The normalized spacial score (nSPS) is 11.6. The zero-order chi connectivity index (χ0) is 14.3. The van der Waals surface area contributed by atoms with Crippen LogP contribution in [0.4, 0.5) is 0 Å². The molecular weight excluding hydrogens is 258 g/mol. The molecule has 0 atom stereocenters. The van der Waals surface area contributed by atoms with Crippen molar-refractivity contribution in [2.75, 3.05) is 6.54 Å². The van der Waals surface area contributed by atoms with Crippen LogP contribution in [-0.2, 0) is 10.3 Å². The van der Waals surface area contributed by atoms with Gasteiger partial charge in [0.05, 0.1) is 5.54 Å². The maximum atomic E-state index is 11.9. The molecule has 0 aliphatic rings. The Bertz CT molecular complexity index is 401. The molecule has 1 heterocycles. The molecule has 108 valence electrons. The molecule has 1 rings (SSSR count). The van der Waals surface area contributed by atoms with Crippen LogP contribution in [0.15, 0.2) is 6.20 Å². The third-order valence-electron chi connectivity index (χ3n) is 2.97. The van der Waals surface area contributed by atoms with Crippen molar-refractivity contribution in [3.05, 3.63) is 16.1 Å². The van der Waals surface area contributed by atoms with E-state index >= 15 is 0 Å². The summed E-state index contributed by atoms with van der Waals surface area (Å²) in [4.78, 5) is 17.4. The van der Waals surface area contributed by atoms with Crippen molar-refractivity contribution in [1.29, 1.82) is 0 Å². The van der Waals surface area contributed by atoms with Crippen LogP contribution >= 0.6 is 11.3 Å². The minimum absolute atomic E-state index is 0.102. The fourth-order valence-corrected chi connectivity index (χ4v) is 2.71. The van der Waals surface area contributed by atoms with Gasteiger partial charge in [0.25, 0.3) is 0 Å². The van der Waals surface area contributed by atoms with E-state index in [1.807, 2.05) is 27.0 Å². The predicted octanol–water partition coefficient (Wildman–Crippen LogP) is 2.71. The van der Waals surface area contributed by atoms with Gasteiger partial charge in [-0.05, 0) is 40.2 Å². The molecule has 0 unspecified atom stereocenters. The molecule has 0 saturated heterocycles. The van der Waals surface area contributed by atoms with E-state index in [-0.39, 0.29) is 11.4 Å². The second-order valence-corrected chi connectivity index (χ2v) is 6.64. The highest BCUT2D eigenvalue weighted by Crippen LogP contribution is 2.24. The van der Waals surface area contributed by atoms with Crippen molar-refractivity contribution >= 4 is 17.2 Å². The third-order valence-corrected chi connectivity index (χ3v) is 4.20. The van der Waals surface area contributed by atoms with Gasteiger partial charge < -0.3 is 11.1 Å². The molecule has 1 aromatic heterocycles. The lowest BCUT2D eigenvalue weighted by atomic mass is 10.1. The van der Waals surface area contributed by atoms with Crippen molar-refractivity contribution in [3.8, 4) is 0 Å². The molecule has 4 nitrogen and oxygen atoms in total. The molecule has 1 amide bonds. The van der Waals surface area contributed by atoms with Crippen LogP contribution in [-0.4, -0.2) is 17.4 Å². The summed E-state index contributed by atoms with van der Waals surface area (Å²) in [5, 5.41) is 4.02. The number of amides is 1. The number of hydrogen-bond acceptors (Lipinski definition) is 4. The standard InChI is InChI=1S/C14H25N3OS/c1-11-10-16-13(19-11)14(2,3)17-12(18)8-6-4-5-7-9-15/h10H,4-9,15H2,1-3H3,(H,17,18). The van der Waals surface area contributed by atoms with Gasteiger partial charge in [-0.1, -0.05) is 12.8 Å². The quantitative estimate of drug-likeness (QED) is 0.721. The van der Waals surface area contributed by atoms with Crippen LogP contribution in [0, 0.1) is 6.92 Å². The van der Waals surface area contributed by atoms with Crippen LogP contribution in [0.2, 0.25) is 0 Å². The number of carbonyl (C=O) groups excluding carboxylic acids is 1. The lowest BCUT2D eigenvalue weighted by Crippen LogP contribution is -2.40. The lowest BCUT2D eigenvalue weighted by Gasteiger charge is -2.23. The Balaban J connectivity index is 2.34. The Kier molecular flexibility index (Phi) is 6.45. The second-order valence-electron chi connectivity index (χ2n) is 5.40. The molecule has 0 aromatic carbocycles.